The topological polar surface area (TPSA) is 72.1 Å². The van der Waals surface area contributed by atoms with E-state index in [0.29, 0.717) is 48.9 Å². The van der Waals surface area contributed by atoms with Gasteiger partial charge in [0.2, 0.25) is 0 Å². The lowest BCUT2D eigenvalue weighted by Gasteiger charge is -2.35. The van der Waals surface area contributed by atoms with Crippen LogP contribution in [0.25, 0.3) is 10.9 Å². The lowest BCUT2D eigenvalue weighted by molar-refractivity contribution is 0.0537. The summed E-state index contributed by atoms with van der Waals surface area (Å²) >= 11 is 0. The van der Waals surface area contributed by atoms with Crippen LogP contribution < -0.4 is 0 Å². The largest absolute Gasteiger partial charge is 0.443 e. The van der Waals surface area contributed by atoms with Crippen molar-refractivity contribution in [1.82, 2.24) is 4.57 Å². The number of benzene rings is 1. The molecule has 28 heavy (non-hydrogen) atoms. The normalized spacial score (nSPS) is 19.1. The van der Waals surface area contributed by atoms with E-state index in [9.17, 15) is 9.59 Å². The van der Waals surface area contributed by atoms with Crippen LogP contribution in [0.4, 0.5) is 4.79 Å². The molecule has 0 bridgehead atoms. The number of nitrogens with zero attached hydrogens (tertiary/aromatic N) is 2. The number of nitriles is 1. The first-order chi connectivity index (χ1) is 13.2. The fourth-order valence-corrected chi connectivity index (χ4v) is 4.14. The first-order valence-corrected chi connectivity index (χ1v) is 9.62. The smallest absolute Gasteiger partial charge is 0.419 e. The van der Waals surface area contributed by atoms with Gasteiger partial charge in [-0.05, 0) is 52.5 Å². The second kappa shape index (κ2) is 7.27. The minimum absolute atomic E-state index is 0.00223. The number of rotatable bonds is 4. The highest BCUT2D eigenvalue weighted by Gasteiger charge is 2.44. The molecule has 0 N–H and O–H groups in total. The lowest BCUT2D eigenvalue weighted by atomic mass is 9.67. The Morgan fingerprint density at radius 1 is 1.39 bits per heavy atom. The molecule has 1 atom stereocenters. The van der Waals surface area contributed by atoms with E-state index >= 15 is 0 Å². The molecule has 0 amide bonds. The van der Waals surface area contributed by atoms with Crippen molar-refractivity contribution in [2.75, 3.05) is 0 Å². The summed E-state index contributed by atoms with van der Waals surface area (Å²) in [7, 11) is 0. The van der Waals surface area contributed by atoms with Gasteiger partial charge in [0.1, 0.15) is 5.60 Å². The van der Waals surface area contributed by atoms with Gasteiger partial charge in [-0.25, -0.2) is 9.36 Å². The van der Waals surface area contributed by atoms with Gasteiger partial charge in [0.05, 0.1) is 11.6 Å². The van der Waals surface area contributed by atoms with Crippen LogP contribution in [-0.2, 0) is 11.2 Å². The number of para-hydroxylation sites is 1. The fraction of sp³-hybridized carbons (Fsp3) is 0.435. The Labute approximate surface area is 165 Å². The molecule has 1 aromatic carbocycles. The zero-order valence-corrected chi connectivity index (χ0v) is 16.7. The van der Waals surface area contributed by atoms with Crippen LogP contribution in [0.5, 0.6) is 0 Å². The fourth-order valence-electron chi connectivity index (χ4n) is 4.14. The van der Waals surface area contributed by atoms with Crippen LogP contribution in [-0.4, -0.2) is 22.0 Å². The Bertz CT molecular complexity index is 988. The SMILES string of the molecule is C=CC[C@]1(CCC#N)CCc2c(c3ccccc3n2C(=O)OC(C)(C)C)C1=O. The van der Waals surface area contributed by atoms with Crippen molar-refractivity contribution in [3.05, 3.63) is 48.2 Å². The maximum absolute atomic E-state index is 13.6. The quantitative estimate of drug-likeness (QED) is 0.666. The van der Waals surface area contributed by atoms with E-state index in [1.165, 1.54) is 0 Å². The molecule has 146 valence electrons. The van der Waals surface area contributed by atoms with Crippen LogP contribution >= 0.6 is 0 Å². The van der Waals surface area contributed by atoms with Gasteiger partial charge in [-0.3, -0.25) is 4.79 Å². The van der Waals surface area contributed by atoms with Gasteiger partial charge in [0.15, 0.2) is 5.78 Å². The van der Waals surface area contributed by atoms with Crippen LogP contribution in [0.1, 0.15) is 62.5 Å². The van der Waals surface area contributed by atoms with Crippen molar-refractivity contribution < 1.29 is 14.3 Å². The molecule has 5 nitrogen and oxygen atoms in total. The van der Waals surface area contributed by atoms with Gasteiger partial charge in [-0.1, -0.05) is 24.3 Å². The molecule has 2 aromatic rings. The number of carbonyl (C=O) groups is 2. The summed E-state index contributed by atoms with van der Waals surface area (Å²) in [4.78, 5) is 26.6. The van der Waals surface area contributed by atoms with E-state index in [1.54, 1.807) is 10.6 Å². The number of allylic oxidation sites excluding steroid dienone is 1. The first kappa shape index (κ1) is 19.9. The molecule has 1 aliphatic rings. The molecule has 0 saturated heterocycles. The Kier molecular flexibility index (Phi) is 5.16. The highest BCUT2D eigenvalue weighted by atomic mass is 16.6. The zero-order chi connectivity index (χ0) is 20.5. The highest BCUT2D eigenvalue weighted by Crippen LogP contribution is 2.45. The van der Waals surface area contributed by atoms with E-state index in [0.717, 1.165) is 5.39 Å². The number of hydrogen-bond acceptors (Lipinski definition) is 4. The molecule has 0 radical (unpaired) electrons. The van der Waals surface area contributed by atoms with Gasteiger partial charge in [0, 0.05) is 28.5 Å². The summed E-state index contributed by atoms with van der Waals surface area (Å²) < 4.78 is 7.16. The third-order valence-corrected chi connectivity index (χ3v) is 5.35. The third kappa shape index (κ3) is 3.35. The van der Waals surface area contributed by atoms with Crippen molar-refractivity contribution in [1.29, 1.82) is 5.26 Å². The summed E-state index contributed by atoms with van der Waals surface area (Å²) in [5, 5.41) is 9.83. The molecule has 0 saturated carbocycles. The van der Waals surface area contributed by atoms with Crippen molar-refractivity contribution in [3.63, 3.8) is 0 Å². The third-order valence-electron chi connectivity index (χ3n) is 5.35. The highest BCUT2D eigenvalue weighted by molar-refractivity contribution is 6.14. The number of aromatic nitrogens is 1. The molecule has 1 heterocycles. The lowest BCUT2D eigenvalue weighted by Crippen LogP contribution is -2.37. The maximum atomic E-state index is 13.6. The summed E-state index contributed by atoms with van der Waals surface area (Å²) in [5.74, 6) is 0.00223. The van der Waals surface area contributed by atoms with E-state index in [2.05, 4.69) is 12.6 Å². The second-order valence-electron chi connectivity index (χ2n) is 8.41. The second-order valence-corrected chi connectivity index (χ2v) is 8.41. The molecule has 1 aromatic heterocycles. The molecule has 0 fully saturated rings. The number of ketones is 1. The molecular formula is C23H26N2O3. The van der Waals surface area contributed by atoms with Crippen molar-refractivity contribution in [2.24, 2.45) is 5.41 Å². The van der Waals surface area contributed by atoms with Crippen LogP contribution in [0, 0.1) is 16.7 Å². The monoisotopic (exact) mass is 378 g/mol. The van der Waals surface area contributed by atoms with Crippen LogP contribution in [0.2, 0.25) is 0 Å². The van der Waals surface area contributed by atoms with Crippen molar-refractivity contribution >= 4 is 22.8 Å². The molecular weight excluding hydrogens is 352 g/mol. The number of ether oxygens (including phenoxy) is 1. The van der Waals surface area contributed by atoms with Gasteiger partial charge in [0.25, 0.3) is 0 Å². The molecule has 1 aliphatic carbocycles. The van der Waals surface area contributed by atoms with Gasteiger partial charge < -0.3 is 4.74 Å². The number of fused-ring (bicyclic) bond motifs is 3. The summed E-state index contributed by atoms with van der Waals surface area (Å²) in [6.07, 6.45) is 3.80. The molecule has 0 spiro atoms. The molecule has 0 aliphatic heterocycles. The molecule has 5 heteroatoms. The van der Waals surface area contributed by atoms with Crippen molar-refractivity contribution in [3.8, 4) is 6.07 Å². The number of hydrogen-bond donors (Lipinski definition) is 0. The van der Waals surface area contributed by atoms with Gasteiger partial charge in [-0.15, -0.1) is 6.58 Å². The number of carbonyl (C=O) groups excluding carboxylic acids is 2. The predicted octanol–water partition coefficient (Wildman–Crippen LogP) is 5.42. The average Bonchev–Trinajstić information content (AvgIpc) is 2.96. The molecule has 3 rings (SSSR count). The first-order valence-electron chi connectivity index (χ1n) is 9.62. The minimum Gasteiger partial charge on any atom is -0.443 e. The summed E-state index contributed by atoms with van der Waals surface area (Å²) in [5.41, 5.74) is 0.718. The summed E-state index contributed by atoms with van der Waals surface area (Å²) in [6, 6.07) is 9.60. The van der Waals surface area contributed by atoms with E-state index in [4.69, 9.17) is 10.00 Å². The average molecular weight is 378 g/mol. The minimum atomic E-state index is -0.632. The predicted molar refractivity (Wildman–Crippen MR) is 108 cm³/mol. The Morgan fingerprint density at radius 3 is 2.75 bits per heavy atom. The Hall–Kier alpha value is -2.87. The van der Waals surface area contributed by atoms with E-state index in [-0.39, 0.29) is 5.78 Å². The van der Waals surface area contributed by atoms with Crippen molar-refractivity contribution in [2.45, 2.75) is 58.5 Å². The Balaban J connectivity index is 2.19. The van der Waals surface area contributed by atoms with Crippen LogP contribution in [0.3, 0.4) is 0 Å². The zero-order valence-electron chi connectivity index (χ0n) is 16.7. The maximum Gasteiger partial charge on any atom is 0.419 e. The Morgan fingerprint density at radius 2 is 2.11 bits per heavy atom. The van der Waals surface area contributed by atoms with Gasteiger partial charge in [-0.2, -0.15) is 5.26 Å². The van der Waals surface area contributed by atoms with E-state index in [1.807, 2.05) is 45.0 Å². The van der Waals surface area contributed by atoms with E-state index < -0.39 is 17.1 Å². The standard InChI is InChI=1S/C23H26N2O3/c1-5-12-23(13-8-15-24)14-11-18-19(20(23)26)16-9-6-7-10-17(16)25(18)21(27)28-22(2,3)4/h5-7,9-10H,1,8,11-14H2,2-4H3/t23-/m0/s1. The van der Waals surface area contributed by atoms with Crippen LogP contribution in [0.15, 0.2) is 36.9 Å². The summed E-state index contributed by atoms with van der Waals surface area (Å²) in [6.45, 7) is 9.29. The molecule has 0 unspecified atom stereocenters. The van der Waals surface area contributed by atoms with Gasteiger partial charge >= 0.3 is 6.09 Å². The number of Topliss-reactive ketones (excluding diaryl/α,β-unsaturated/α-hetero) is 1.